The van der Waals surface area contributed by atoms with E-state index in [-0.39, 0.29) is 18.0 Å². The molecular formula is C20H28ClN7. The van der Waals surface area contributed by atoms with Gasteiger partial charge in [-0.2, -0.15) is 10.1 Å². The highest BCUT2D eigenvalue weighted by Gasteiger charge is 2.22. The maximum absolute atomic E-state index is 6.16. The first kappa shape index (κ1) is 20.4. The number of hydrogen-bond acceptors (Lipinski definition) is 6. The van der Waals surface area contributed by atoms with Crippen LogP contribution in [-0.2, 0) is 0 Å². The second-order valence-corrected chi connectivity index (χ2v) is 8.10. The summed E-state index contributed by atoms with van der Waals surface area (Å²) < 4.78 is 1.98. The summed E-state index contributed by atoms with van der Waals surface area (Å²) in [6.07, 6.45) is 0. The molecule has 0 aliphatic heterocycles. The zero-order valence-corrected chi connectivity index (χ0v) is 17.7. The highest BCUT2D eigenvalue weighted by Crippen LogP contribution is 2.32. The molecular weight excluding hydrogens is 374 g/mol. The van der Waals surface area contributed by atoms with Gasteiger partial charge in [-0.05, 0) is 44.9 Å². The summed E-state index contributed by atoms with van der Waals surface area (Å²) >= 11 is 6.16. The molecule has 150 valence electrons. The molecule has 0 saturated heterocycles. The Balaban J connectivity index is 2.19. The van der Waals surface area contributed by atoms with Gasteiger partial charge in [-0.25, -0.2) is 4.98 Å². The van der Waals surface area contributed by atoms with E-state index in [1.165, 1.54) is 0 Å². The largest absolute Gasteiger partial charge is 0.353 e. The molecule has 2 aromatic heterocycles. The maximum atomic E-state index is 6.16. The van der Waals surface area contributed by atoms with Crippen LogP contribution in [0.3, 0.4) is 0 Å². The monoisotopic (exact) mass is 401 g/mol. The molecule has 2 heterocycles. The highest BCUT2D eigenvalue weighted by atomic mass is 35.5. The van der Waals surface area contributed by atoms with E-state index in [9.17, 15) is 0 Å². The van der Waals surface area contributed by atoms with Crippen LogP contribution in [-0.4, -0.2) is 32.3 Å². The Bertz CT molecular complexity index is 963. The van der Waals surface area contributed by atoms with Gasteiger partial charge in [0.25, 0.3) is 0 Å². The van der Waals surface area contributed by atoms with Crippen molar-refractivity contribution in [2.24, 2.45) is 5.73 Å². The SMILES string of the molecule is CC(N)CNc1nc(Nc2cccc(Cl)c2)c2c(n1)c(C(C)C)nn2C(C)C. The van der Waals surface area contributed by atoms with E-state index in [0.29, 0.717) is 23.3 Å². The molecule has 8 heteroatoms. The Hall–Kier alpha value is -2.38. The van der Waals surface area contributed by atoms with E-state index in [4.69, 9.17) is 32.4 Å². The second-order valence-electron chi connectivity index (χ2n) is 7.66. The van der Waals surface area contributed by atoms with Crippen molar-refractivity contribution in [3.63, 3.8) is 0 Å². The molecule has 3 rings (SSSR count). The zero-order chi connectivity index (χ0) is 20.4. The third kappa shape index (κ3) is 4.36. The zero-order valence-electron chi connectivity index (χ0n) is 17.0. The van der Waals surface area contributed by atoms with Crippen LogP contribution < -0.4 is 16.4 Å². The van der Waals surface area contributed by atoms with E-state index in [0.717, 1.165) is 22.4 Å². The van der Waals surface area contributed by atoms with E-state index in [2.05, 4.69) is 38.3 Å². The van der Waals surface area contributed by atoms with Gasteiger partial charge in [-0.1, -0.05) is 31.5 Å². The molecule has 0 bridgehead atoms. The molecule has 1 unspecified atom stereocenters. The molecule has 0 aliphatic rings. The Morgan fingerprint density at radius 3 is 2.50 bits per heavy atom. The predicted octanol–water partition coefficient (Wildman–Crippen LogP) is 4.69. The molecule has 28 heavy (non-hydrogen) atoms. The summed E-state index contributed by atoms with van der Waals surface area (Å²) in [7, 11) is 0. The van der Waals surface area contributed by atoms with Gasteiger partial charge in [0.1, 0.15) is 11.0 Å². The molecule has 0 spiro atoms. The maximum Gasteiger partial charge on any atom is 0.225 e. The Kier molecular flexibility index (Phi) is 6.05. The summed E-state index contributed by atoms with van der Waals surface area (Å²) in [5.41, 5.74) is 9.41. The number of anilines is 3. The van der Waals surface area contributed by atoms with Crippen LogP contribution in [0.4, 0.5) is 17.5 Å². The summed E-state index contributed by atoms with van der Waals surface area (Å²) in [6.45, 7) is 11.0. The second kappa shape index (κ2) is 8.32. The lowest BCUT2D eigenvalue weighted by Gasteiger charge is -2.14. The quantitative estimate of drug-likeness (QED) is 0.531. The van der Waals surface area contributed by atoms with Crippen molar-refractivity contribution >= 4 is 40.1 Å². The lowest BCUT2D eigenvalue weighted by Crippen LogP contribution is -2.26. The molecule has 1 atom stereocenters. The first-order valence-corrected chi connectivity index (χ1v) is 9.96. The normalized spacial score (nSPS) is 12.8. The molecule has 0 fully saturated rings. The van der Waals surface area contributed by atoms with Crippen LogP contribution in [0.5, 0.6) is 0 Å². The van der Waals surface area contributed by atoms with Gasteiger partial charge < -0.3 is 16.4 Å². The van der Waals surface area contributed by atoms with E-state index >= 15 is 0 Å². The fourth-order valence-electron chi connectivity index (χ4n) is 2.95. The predicted molar refractivity (Wildman–Crippen MR) is 117 cm³/mol. The average Bonchev–Trinajstić information content (AvgIpc) is 3.00. The van der Waals surface area contributed by atoms with Gasteiger partial charge in [0.15, 0.2) is 5.82 Å². The van der Waals surface area contributed by atoms with Crippen molar-refractivity contribution < 1.29 is 0 Å². The van der Waals surface area contributed by atoms with Crippen molar-refractivity contribution in [3.8, 4) is 0 Å². The lowest BCUT2D eigenvalue weighted by molar-refractivity contribution is 0.539. The topological polar surface area (TPSA) is 93.7 Å². The Morgan fingerprint density at radius 2 is 1.89 bits per heavy atom. The highest BCUT2D eigenvalue weighted by molar-refractivity contribution is 6.30. The molecule has 4 N–H and O–H groups in total. The first-order chi connectivity index (χ1) is 13.3. The number of nitrogens with two attached hydrogens (primary N) is 1. The minimum Gasteiger partial charge on any atom is -0.353 e. The molecule has 0 amide bonds. The molecule has 3 aromatic rings. The number of nitrogens with one attached hydrogen (secondary N) is 2. The van der Waals surface area contributed by atoms with E-state index in [1.807, 2.05) is 35.9 Å². The summed E-state index contributed by atoms with van der Waals surface area (Å²) in [6, 6.07) is 7.72. The molecule has 0 aliphatic carbocycles. The standard InChI is InChI=1S/C20H28ClN7/c1-11(2)16-17-18(28(27-16)12(3)4)19(24-15-8-6-7-14(21)9-15)26-20(25-17)23-10-13(5)22/h6-9,11-13H,10,22H2,1-5H3,(H2,23,24,25,26). The van der Waals surface area contributed by atoms with Gasteiger partial charge >= 0.3 is 0 Å². The third-order valence-electron chi connectivity index (χ3n) is 4.28. The van der Waals surface area contributed by atoms with Gasteiger partial charge in [0, 0.05) is 29.3 Å². The van der Waals surface area contributed by atoms with Crippen molar-refractivity contribution in [3.05, 3.63) is 35.0 Å². The van der Waals surface area contributed by atoms with Gasteiger partial charge in [-0.15, -0.1) is 0 Å². The number of halogens is 1. The molecule has 7 nitrogen and oxygen atoms in total. The van der Waals surface area contributed by atoms with Gasteiger partial charge in [0.05, 0.1) is 5.69 Å². The number of nitrogens with zero attached hydrogens (tertiary/aromatic N) is 4. The summed E-state index contributed by atoms with van der Waals surface area (Å²) in [4.78, 5) is 9.48. The fourth-order valence-corrected chi connectivity index (χ4v) is 3.14. The average molecular weight is 402 g/mol. The van der Waals surface area contributed by atoms with Crippen molar-refractivity contribution in [2.45, 2.75) is 52.6 Å². The number of hydrogen-bond donors (Lipinski definition) is 3. The lowest BCUT2D eigenvalue weighted by atomic mass is 10.1. The third-order valence-corrected chi connectivity index (χ3v) is 4.51. The first-order valence-electron chi connectivity index (χ1n) is 9.58. The van der Waals surface area contributed by atoms with Crippen LogP contribution in [0.25, 0.3) is 11.0 Å². The van der Waals surface area contributed by atoms with Crippen LogP contribution in [0.2, 0.25) is 5.02 Å². The number of aromatic nitrogens is 4. The smallest absolute Gasteiger partial charge is 0.225 e. The van der Waals surface area contributed by atoms with Crippen molar-refractivity contribution in [1.29, 1.82) is 0 Å². The summed E-state index contributed by atoms with van der Waals surface area (Å²) in [5.74, 6) is 1.45. The number of fused-ring (bicyclic) bond motifs is 1. The number of benzene rings is 1. The van der Waals surface area contributed by atoms with E-state index in [1.54, 1.807) is 0 Å². The van der Waals surface area contributed by atoms with Crippen LogP contribution in [0.1, 0.15) is 52.3 Å². The number of rotatable bonds is 7. The van der Waals surface area contributed by atoms with Crippen LogP contribution >= 0.6 is 11.6 Å². The molecule has 1 aromatic carbocycles. The van der Waals surface area contributed by atoms with Crippen molar-refractivity contribution in [2.75, 3.05) is 17.2 Å². The fraction of sp³-hybridized carbons (Fsp3) is 0.450. The van der Waals surface area contributed by atoms with Gasteiger partial charge in [-0.3, -0.25) is 4.68 Å². The Labute approximate surface area is 170 Å². The molecule has 0 radical (unpaired) electrons. The summed E-state index contributed by atoms with van der Waals surface area (Å²) in [5, 5.41) is 12.1. The van der Waals surface area contributed by atoms with E-state index < -0.39 is 0 Å². The Morgan fingerprint density at radius 1 is 1.14 bits per heavy atom. The van der Waals surface area contributed by atoms with Crippen LogP contribution in [0.15, 0.2) is 24.3 Å². The van der Waals surface area contributed by atoms with Crippen LogP contribution in [0, 0.1) is 0 Å². The molecule has 0 saturated carbocycles. The minimum atomic E-state index is -0.00778. The van der Waals surface area contributed by atoms with Gasteiger partial charge in [0.2, 0.25) is 5.95 Å². The van der Waals surface area contributed by atoms with Crippen molar-refractivity contribution in [1.82, 2.24) is 19.7 Å². The minimum absolute atomic E-state index is 0.00778.